The van der Waals surface area contributed by atoms with Crippen LogP contribution >= 0.6 is 11.6 Å². The lowest BCUT2D eigenvalue weighted by molar-refractivity contribution is -0.0563. The molecule has 0 bridgehead atoms. The van der Waals surface area contributed by atoms with Gasteiger partial charge in [0, 0.05) is 31.6 Å². The standard InChI is InChI=1S/C17H23ClN4O3/c1-16(2,3)25-15(24)22-10-17(11-22)6-8-21(9-7-17)14(23)12-4-5-13(18)20-19-12/h4-5H,6-11H2,1-3H3. The molecule has 2 amide bonds. The van der Waals surface area contributed by atoms with Gasteiger partial charge < -0.3 is 14.5 Å². The summed E-state index contributed by atoms with van der Waals surface area (Å²) >= 11 is 5.70. The first-order chi connectivity index (χ1) is 11.7. The van der Waals surface area contributed by atoms with Crippen molar-refractivity contribution in [2.45, 2.75) is 39.2 Å². The quantitative estimate of drug-likeness (QED) is 0.763. The predicted molar refractivity (Wildman–Crippen MR) is 92.4 cm³/mol. The van der Waals surface area contributed by atoms with Crippen molar-refractivity contribution in [3.05, 3.63) is 23.0 Å². The number of piperidine rings is 1. The van der Waals surface area contributed by atoms with Crippen LogP contribution in [0.1, 0.15) is 44.1 Å². The van der Waals surface area contributed by atoms with Crippen LogP contribution in [0.15, 0.2) is 12.1 Å². The lowest BCUT2D eigenvalue weighted by Crippen LogP contribution is -2.62. The fraction of sp³-hybridized carbons (Fsp3) is 0.647. The first kappa shape index (κ1) is 17.9. The molecular formula is C17H23ClN4O3. The number of hydrogen-bond donors (Lipinski definition) is 0. The number of ether oxygens (including phenoxy) is 1. The van der Waals surface area contributed by atoms with E-state index in [4.69, 9.17) is 16.3 Å². The lowest BCUT2D eigenvalue weighted by Gasteiger charge is -2.53. The van der Waals surface area contributed by atoms with Crippen LogP contribution in [-0.2, 0) is 4.74 Å². The fourth-order valence-electron chi connectivity index (χ4n) is 3.31. The molecule has 0 atom stereocenters. The third kappa shape index (κ3) is 4.03. The molecule has 2 aliphatic heterocycles. The zero-order chi connectivity index (χ0) is 18.2. The number of amides is 2. The number of halogens is 1. The van der Waals surface area contributed by atoms with Gasteiger partial charge in [0.15, 0.2) is 10.8 Å². The van der Waals surface area contributed by atoms with Crippen molar-refractivity contribution < 1.29 is 14.3 Å². The van der Waals surface area contributed by atoms with Crippen molar-refractivity contribution in [3.63, 3.8) is 0 Å². The largest absolute Gasteiger partial charge is 0.444 e. The maximum atomic E-state index is 12.5. The Balaban J connectivity index is 1.51. The molecule has 3 heterocycles. The molecule has 1 aromatic heterocycles. The number of nitrogens with zero attached hydrogens (tertiary/aromatic N) is 4. The van der Waals surface area contributed by atoms with Crippen LogP contribution < -0.4 is 0 Å². The molecular weight excluding hydrogens is 344 g/mol. The summed E-state index contributed by atoms with van der Waals surface area (Å²) in [5, 5.41) is 7.84. The van der Waals surface area contributed by atoms with Gasteiger partial charge in [0.25, 0.3) is 5.91 Å². The van der Waals surface area contributed by atoms with E-state index in [9.17, 15) is 9.59 Å². The summed E-state index contributed by atoms with van der Waals surface area (Å²) in [6, 6.07) is 3.16. The molecule has 2 saturated heterocycles. The number of carbonyl (C=O) groups is 2. The van der Waals surface area contributed by atoms with Crippen LogP contribution in [0.5, 0.6) is 0 Å². The SMILES string of the molecule is CC(C)(C)OC(=O)N1CC2(CCN(C(=O)c3ccc(Cl)nn3)CC2)C1. The maximum absolute atomic E-state index is 12.5. The van der Waals surface area contributed by atoms with E-state index >= 15 is 0 Å². The minimum absolute atomic E-state index is 0.110. The summed E-state index contributed by atoms with van der Waals surface area (Å²) in [6.07, 6.45) is 1.49. The fourth-order valence-corrected chi connectivity index (χ4v) is 3.41. The van der Waals surface area contributed by atoms with Crippen LogP contribution in [0, 0.1) is 5.41 Å². The summed E-state index contributed by atoms with van der Waals surface area (Å²) in [4.78, 5) is 28.1. The van der Waals surface area contributed by atoms with Crippen LogP contribution in [0.4, 0.5) is 4.79 Å². The van der Waals surface area contributed by atoms with E-state index in [1.807, 2.05) is 20.8 Å². The Morgan fingerprint density at radius 2 is 1.76 bits per heavy atom. The highest BCUT2D eigenvalue weighted by Crippen LogP contribution is 2.41. The van der Waals surface area contributed by atoms with Crippen molar-refractivity contribution in [2.24, 2.45) is 5.41 Å². The van der Waals surface area contributed by atoms with Gasteiger partial charge in [-0.3, -0.25) is 4.79 Å². The third-order valence-corrected chi connectivity index (χ3v) is 4.87. The zero-order valence-electron chi connectivity index (χ0n) is 14.8. The second-order valence-corrected chi connectivity index (χ2v) is 8.26. The van der Waals surface area contributed by atoms with Crippen molar-refractivity contribution in [1.82, 2.24) is 20.0 Å². The minimum atomic E-state index is -0.477. The van der Waals surface area contributed by atoms with E-state index < -0.39 is 5.60 Å². The van der Waals surface area contributed by atoms with Crippen LogP contribution in [0.3, 0.4) is 0 Å². The normalized spacial score (nSPS) is 19.5. The molecule has 2 aliphatic rings. The van der Waals surface area contributed by atoms with E-state index in [2.05, 4.69) is 10.2 Å². The highest BCUT2D eigenvalue weighted by atomic mass is 35.5. The van der Waals surface area contributed by atoms with Crippen LogP contribution in [0.25, 0.3) is 0 Å². The van der Waals surface area contributed by atoms with Crippen molar-refractivity contribution in [2.75, 3.05) is 26.2 Å². The Bertz CT molecular complexity index is 655. The number of rotatable bonds is 1. The van der Waals surface area contributed by atoms with Gasteiger partial charge in [0.1, 0.15) is 5.60 Å². The number of aromatic nitrogens is 2. The molecule has 1 spiro atoms. The summed E-state index contributed by atoms with van der Waals surface area (Å²) in [6.45, 7) is 8.31. The Hall–Kier alpha value is -1.89. The van der Waals surface area contributed by atoms with Crippen LogP contribution in [-0.4, -0.2) is 63.8 Å². The van der Waals surface area contributed by atoms with Gasteiger partial charge >= 0.3 is 6.09 Å². The Kier molecular flexibility index (Phi) is 4.62. The highest BCUT2D eigenvalue weighted by molar-refractivity contribution is 6.29. The zero-order valence-corrected chi connectivity index (χ0v) is 15.5. The molecule has 8 heteroatoms. The smallest absolute Gasteiger partial charge is 0.410 e. The number of likely N-dealkylation sites (tertiary alicyclic amines) is 2. The molecule has 0 N–H and O–H groups in total. The number of carbonyl (C=O) groups excluding carboxylic acids is 2. The van der Waals surface area contributed by atoms with E-state index in [1.54, 1.807) is 21.9 Å². The number of hydrogen-bond acceptors (Lipinski definition) is 5. The lowest BCUT2D eigenvalue weighted by atomic mass is 9.72. The average molecular weight is 367 g/mol. The Morgan fingerprint density at radius 1 is 1.12 bits per heavy atom. The van der Waals surface area contributed by atoms with E-state index in [-0.39, 0.29) is 22.6 Å². The summed E-state index contributed by atoms with van der Waals surface area (Å²) in [5.74, 6) is -0.123. The van der Waals surface area contributed by atoms with Crippen LogP contribution in [0.2, 0.25) is 5.15 Å². The topological polar surface area (TPSA) is 75.6 Å². The molecule has 136 valence electrons. The Labute approximate surface area is 152 Å². The predicted octanol–water partition coefficient (Wildman–Crippen LogP) is 2.60. The monoisotopic (exact) mass is 366 g/mol. The molecule has 1 aromatic rings. The van der Waals surface area contributed by atoms with E-state index in [0.29, 0.717) is 31.9 Å². The van der Waals surface area contributed by atoms with Gasteiger partial charge in [0.05, 0.1) is 0 Å². The molecule has 0 saturated carbocycles. The molecule has 0 aromatic carbocycles. The van der Waals surface area contributed by atoms with Gasteiger partial charge in [0.2, 0.25) is 0 Å². The molecule has 25 heavy (non-hydrogen) atoms. The van der Waals surface area contributed by atoms with Gasteiger partial charge in [-0.25, -0.2) is 4.79 Å². The van der Waals surface area contributed by atoms with Gasteiger partial charge in [-0.15, -0.1) is 10.2 Å². The molecule has 7 nitrogen and oxygen atoms in total. The molecule has 0 radical (unpaired) electrons. The summed E-state index contributed by atoms with van der Waals surface area (Å²) < 4.78 is 5.40. The third-order valence-electron chi connectivity index (χ3n) is 4.67. The molecule has 0 aliphatic carbocycles. The van der Waals surface area contributed by atoms with Gasteiger partial charge in [-0.05, 0) is 45.7 Å². The van der Waals surface area contributed by atoms with E-state index in [0.717, 1.165) is 12.8 Å². The minimum Gasteiger partial charge on any atom is -0.444 e. The van der Waals surface area contributed by atoms with Crippen molar-refractivity contribution in [1.29, 1.82) is 0 Å². The first-order valence-corrected chi connectivity index (χ1v) is 8.82. The molecule has 2 fully saturated rings. The van der Waals surface area contributed by atoms with E-state index in [1.165, 1.54) is 0 Å². The second-order valence-electron chi connectivity index (χ2n) is 7.87. The highest BCUT2D eigenvalue weighted by Gasteiger charge is 2.48. The molecule has 3 rings (SSSR count). The second kappa shape index (κ2) is 6.44. The summed E-state index contributed by atoms with van der Waals surface area (Å²) in [5.41, 5.74) is -0.0569. The average Bonchev–Trinajstić information content (AvgIpc) is 2.51. The van der Waals surface area contributed by atoms with Crippen molar-refractivity contribution in [3.8, 4) is 0 Å². The van der Waals surface area contributed by atoms with Crippen molar-refractivity contribution >= 4 is 23.6 Å². The summed E-state index contributed by atoms with van der Waals surface area (Å²) in [7, 11) is 0. The maximum Gasteiger partial charge on any atom is 0.410 e. The first-order valence-electron chi connectivity index (χ1n) is 8.44. The van der Waals surface area contributed by atoms with Gasteiger partial charge in [-0.1, -0.05) is 11.6 Å². The Morgan fingerprint density at radius 3 is 2.28 bits per heavy atom. The van der Waals surface area contributed by atoms with Gasteiger partial charge in [-0.2, -0.15) is 0 Å². The molecule has 0 unspecified atom stereocenters.